The number of rotatable bonds is 12. The molecular weight excluding hydrogens is 534 g/mol. The van der Waals surface area contributed by atoms with Gasteiger partial charge in [0.25, 0.3) is 0 Å². The Kier molecular flexibility index (Phi) is 10.8. The number of amides is 1. The van der Waals surface area contributed by atoms with E-state index in [2.05, 4.69) is 26.1 Å². The van der Waals surface area contributed by atoms with Crippen LogP contribution in [0.2, 0.25) is 0 Å². The van der Waals surface area contributed by atoms with Crippen LogP contribution < -0.4 is 5.32 Å². The average molecular weight is 588 g/mol. The summed E-state index contributed by atoms with van der Waals surface area (Å²) in [7, 11) is 1.67. The number of aliphatic hydroxyl groups is 2. The van der Waals surface area contributed by atoms with Crippen LogP contribution in [0.15, 0.2) is 24.3 Å². The van der Waals surface area contributed by atoms with Gasteiger partial charge in [0.1, 0.15) is 11.7 Å². The van der Waals surface area contributed by atoms with Gasteiger partial charge < -0.3 is 29.7 Å². The summed E-state index contributed by atoms with van der Waals surface area (Å²) in [4.78, 5) is 26.0. The molecule has 1 heterocycles. The molecule has 236 valence electrons. The minimum absolute atomic E-state index is 0.0748. The van der Waals surface area contributed by atoms with E-state index in [1.54, 1.807) is 31.4 Å². The summed E-state index contributed by atoms with van der Waals surface area (Å²) >= 11 is 0. The Balaban J connectivity index is 1.50. The number of ether oxygens (including phenoxy) is 3. The van der Waals surface area contributed by atoms with E-state index in [1.807, 2.05) is 13.8 Å². The lowest BCUT2D eigenvalue weighted by Crippen LogP contribution is -2.65. The molecule has 0 spiro atoms. The fourth-order valence-electron chi connectivity index (χ4n) is 8.50. The van der Waals surface area contributed by atoms with Crippen molar-refractivity contribution >= 4 is 17.6 Å². The molecular formula is C34H53NO7. The summed E-state index contributed by atoms with van der Waals surface area (Å²) in [5.74, 6) is -0.694. The van der Waals surface area contributed by atoms with Crippen molar-refractivity contribution in [2.45, 2.75) is 109 Å². The van der Waals surface area contributed by atoms with Gasteiger partial charge in [-0.1, -0.05) is 59.1 Å². The molecule has 4 rings (SSSR count). The number of methoxy groups -OCH3 is 1. The van der Waals surface area contributed by atoms with Crippen molar-refractivity contribution in [1.82, 2.24) is 0 Å². The number of hydrogen-bond acceptors (Lipinski definition) is 7. The van der Waals surface area contributed by atoms with E-state index in [4.69, 9.17) is 14.2 Å². The fraction of sp³-hybridized carbons (Fsp3) is 0.765. The highest BCUT2D eigenvalue weighted by Crippen LogP contribution is 2.59. The maximum Gasteiger partial charge on any atom is 0.340 e. The maximum atomic E-state index is 13.3. The number of para-hydroxylation sites is 1. The minimum Gasteiger partial charge on any atom is -0.459 e. The number of fused-ring (bicyclic) bond motifs is 2. The van der Waals surface area contributed by atoms with Crippen LogP contribution in [0.25, 0.3) is 0 Å². The van der Waals surface area contributed by atoms with Gasteiger partial charge in [-0.05, 0) is 80.8 Å². The largest absolute Gasteiger partial charge is 0.459 e. The second kappa shape index (κ2) is 13.7. The van der Waals surface area contributed by atoms with Gasteiger partial charge in [0, 0.05) is 13.7 Å². The second-order valence-corrected chi connectivity index (χ2v) is 13.2. The van der Waals surface area contributed by atoms with Crippen molar-refractivity contribution in [3.63, 3.8) is 0 Å². The van der Waals surface area contributed by atoms with E-state index >= 15 is 0 Å². The molecule has 2 aliphatic carbocycles. The van der Waals surface area contributed by atoms with E-state index in [0.29, 0.717) is 49.6 Å². The Bertz CT molecular complexity index is 1070. The number of nitrogens with one attached hydrogen (secondary N) is 1. The first-order chi connectivity index (χ1) is 20.0. The van der Waals surface area contributed by atoms with E-state index in [9.17, 15) is 19.8 Å². The highest BCUT2D eigenvalue weighted by atomic mass is 16.5. The van der Waals surface area contributed by atoms with Crippen LogP contribution in [0, 0.1) is 35.5 Å². The van der Waals surface area contributed by atoms with Crippen molar-refractivity contribution < 1.29 is 34.0 Å². The zero-order chi connectivity index (χ0) is 30.7. The maximum absolute atomic E-state index is 13.3. The minimum atomic E-state index is -1.34. The van der Waals surface area contributed by atoms with E-state index < -0.39 is 29.4 Å². The van der Waals surface area contributed by atoms with Crippen molar-refractivity contribution in [3.8, 4) is 0 Å². The van der Waals surface area contributed by atoms with Crippen LogP contribution in [-0.2, 0) is 19.0 Å². The molecule has 8 nitrogen and oxygen atoms in total. The molecule has 0 aromatic heterocycles. The first-order valence-corrected chi connectivity index (χ1v) is 16.2. The summed E-state index contributed by atoms with van der Waals surface area (Å²) in [6.45, 7) is 11.2. The van der Waals surface area contributed by atoms with Crippen molar-refractivity contribution in [1.29, 1.82) is 0 Å². The number of hydrogen-bond donors (Lipinski definition) is 3. The number of benzene rings is 1. The molecule has 1 aromatic rings. The van der Waals surface area contributed by atoms with Crippen molar-refractivity contribution in [2.75, 3.05) is 25.6 Å². The summed E-state index contributed by atoms with van der Waals surface area (Å²) in [5.41, 5.74) is -1.91. The smallest absolute Gasteiger partial charge is 0.340 e. The van der Waals surface area contributed by atoms with Crippen molar-refractivity contribution in [2.24, 2.45) is 35.5 Å². The third-order valence-electron chi connectivity index (χ3n) is 11.0. The summed E-state index contributed by atoms with van der Waals surface area (Å²) in [6, 6.07) is 6.91. The van der Waals surface area contributed by atoms with Crippen LogP contribution in [0.3, 0.4) is 0 Å². The molecule has 10 atom stereocenters. The lowest BCUT2D eigenvalue weighted by atomic mass is 9.62. The van der Waals surface area contributed by atoms with E-state index in [0.717, 1.165) is 32.1 Å². The molecule has 3 unspecified atom stereocenters. The third kappa shape index (κ3) is 6.01. The molecule has 2 saturated carbocycles. The van der Waals surface area contributed by atoms with Gasteiger partial charge in [0.05, 0.1) is 35.5 Å². The molecule has 2 bridgehead atoms. The lowest BCUT2D eigenvalue weighted by molar-refractivity contribution is -0.242. The average Bonchev–Trinajstić information content (AvgIpc) is 3.56. The molecule has 3 aliphatic rings. The Hall–Kier alpha value is -2.00. The molecule has 1 aliphatic heterocycles. The van der Waals surface area contributed by atoms with Gasteiger partial charge in [-0.2, -0.15) is 0 Å². The predicted molar refractivity (Wildman–Crippen MR) is 162 cm³/mol. The van der Waals surface area contributed by atoms with Crippen LogP contribution in [0.4, 0.5) is 5.69 Å². The van der Waals surface area contributed by atoms with Gasteiger partial charge in [-0.3, -0.25) is 4.79 Å². The quantitative estimate of drug-likeness (QED) is 0.273. The Morgan fingerprint density at radius 1 is 1.17 bits per heavy atom. The Morgan fingerprint density at radius 2 is 1.90 bits per heavy atom. The van der Waals surface area contributed by atoms with Gasteiger partial charge in [0.2, 0.25) is 5.91 Å². The van der Waals surface area contributed by atoms with Crippen LogP contribution in [0.5, 0.6) is 0 Å². The zero-order valence-corrected chi connectivity index (χ0v) is 26.4. The monoisotopic (exact) mass is 587 g/mol. The Labute approximate surface area is 251 Å². The highest BCUT2D eigenvalue weighted by Gasteiger charge is 2.69. The molecule has 42 heavy (non-hydrogen) atoms. The SMILES string of the molecule is CCC[C@H](CC(C)[C@H](C)OC(=O)c1ccccc1NC(=O)C1CCOC1)[C@@]1(O)CCC[C@H]2[C@@H](CC)C(C)[C@]1(O)[C@H]2OC. The number of esters is 1. The number of carbonyl (C=O) groups is 2. The molecule has 1 saturated heterocycles. The van der Waals surface area contributed by atoms with Crippen LogP contribution in [-0.4, -0.2) is 65.8 Å². The first-order valence-electron chi connectivity index (χ1n) is 16.2. The third-order valence-corrected chi connectivity index (χ3v) is 11.0. The Morgan fingerprint density at radius 3 is 2.55 bits per heavy atom. The zero-order valence-electron chi connectivity index (χ0n) is 26.4. The lowest BCUT2D eigenvalue weighted by Gasteiger charge is -2.51. The topological polar surface area (TPSA) is 114 Å². The normalized spacial score (nSPS) is 34.8. The molecule has 8 heteroatoms. The number of anilines is 1. The molecule has 0 radical (unpaired) electrons. The van der Waals surface area contributed by atoms with Gasteiger partial charge >= 0.3 is 5.97 Å². The molecule has 3 fully saturated rings. The summed E-state index contributed by atoms with van der Waals surface area (Å²) in [6.07, 6.45) is 5.32. The van der Waals surface area contributed by atoms with Crippen LogP contribution >= 0.6 is 0 Å². The summed E-state index contributed by atoms with van der Waals surface area (Å²) < 4.78 is 17.3. The van der Waals surface area contributed by atoms with Gasteiger partial charge in [-0.25, -0.2) is 4.79 Å². The second-order valence-electron chi connectivity index (χ2n) is 13.2. The van der Waals surface area contributed by atoms with E-state index in [1.165, 1.54) is 0 Å². The van der Waals surface area contributed by atoms with Gasteiger partial charge in [-0.15, -0.1) is 0 Å². The van der Waals surface area contributed by atoms with Crippen LogP contribution in [0.1, 0.15) is 96.3 Å². The molecule has 3 N–H and O–H groups in total. The van der Waals surface area contributed by atoms with Crippen molar-refractivity contribution in [3.05, 3.63) is 29.8 Å². The number of carbonyl (C=O) groups excluding carboxylic acids is 2. The van der Waals surface area contributed by atoms with E-state index in [-0.39, 0.29) is 35.5 Å². The fourth-order valence-corrected chi connectivity index (χ4v) is 8.50. The predicted octanol–water partition coefficient (Wildman–Crippen LogP) is 5.60. The summed E-state index contributed by atoms with van der Waals surface area (Å²) in [5, 5.41) is 27.9. The molecule has 1 amide bonds. The highest BCUT2D eigenvalue weighted by molar-refractivity contribution is 6.02. The standard InChI is InChI=1S/C34H53NO7/c1-7-12-25(33(38)17-11-14-27-26(8-2)22(4)34(33,39)30(27)40-6)19-21(3)23(5)42-32(37)28-13-9-10-15-29(28)35-31(36)24-16-18-41-20-24/h9-10,13,15,21-27,30,38-39H,7-8,11-12,14,16-20H2,1-6H3,(H,35,36)/t21?,22?,23-,24?,25+,26-,27-,30-,33-,34-/m0/s1. The first kappa shape index (κ1) is 32.9. The molecule has 1 aromatic carbocycles. The van der Waals surface area contributed by atoms with Gasteiger partial charge in [0.15, 0.2) is 0 Å².